The SMILES string of the molecule is CSC(CO)C(C)NCCCCCC(=O)O. The summed E-state index contributed by atoms with van der Waals surface area (Å²) in [6.07, 6.45) is 4.93. The Balaban J connectivity index is 3.40. The predicted octanol–water partition coefficient (Wildman–Crippen LogP) is 1.33. The minimum Gasteiger partial charge on any atom is -0.481 e. The van der Waals surface area contributed by atoms with E-state index in [1.807, 2.05) is 6.26 Å². The molecule has 0 saturated heterocycles. The number of carboxylic acids is 1. The molecule has 0 aliphatic heterocycles. The van der Waals surface area contributed by atoms with Gasteiger partial charge < -0.3 is 15.5 Å². The largest absolute Gasteiger partial charge is 0.481 e. The molecule has 16 heavy (non-hydrogen) atoms. The molecule has 0 radical (unpaired) electrons. The normalized spacial score (nSPS) is 14.7. The molecule has 2 atom stereocenters. The summed E-state index contributed by atoms with van der Waals surface area (Å²) in [5.41, 5.74) is 0. The number of hydrogen-bond donors (Lipinski definition) is 3. The molecule has 4 nitrogen and oxygen atoms in total. The maximum atomic E-state index is 10.3. The third kappa shape index (κ3) is 7.96. The lowest BCUT2D eigenvalue weighted by atomic mass is 10.2. The molecule has 0 aliphatic rings. The van der Waals surface area contributed by atoms with Crippen LogP contribution >= 0.6 is 11.8 Å². The van der Waals surface area contributed by atoms with Crippen LogP contribution in [0.3, 0.4) is 0 Å². The molecule has 0 heterocycles. The quantitative estimate of drug-likeness (QED) is 0.510. The Morgan fingerprint density at radius 1 is 1.38 bits per heavy atom. The number of aliphatic carboxylic acids is 1. The van der Waals surface area contributed by atoms with Crippen molar-refractivity contribution in [1.29, 1.82) is 0 Å². The van der Waals surface area contributed by atoms with Crippen molar-refractivity contribution in [2.75, 3.05) is 19.4 Å². The fraction of sp³-hybridized carbons (Fsp3) is 0.909. The highest BCUT2D eigenvalue weighted by molar-refractivity contribution is 7.99. The molecule has 0 bridgehead atoms. The van der Waals surface area contributed by atoms with Gasteiger partial charge >= 0.3 is 5.97 Å². The standard InChI is InChI=1S/C11H23NO3S/c1-9(10(8-13)16-2)12-7-5-3-4-6-11(14)15/h9-10,12-13H,3-8H2,1-2H3,(H,14,15). The van der Waals surface area contributed by atoms with E-state index in [2.05, 4.69) is 12.2 Å². The molecule has 0 aliphatic carbocycles. The summed E-state index contributed by atoms with van der Waals surface area (Å²) in [5, 5.41) is 21.1. The second-order valence-corrected chi connectivity index (χ2v) is 4.98. The summed E-state index contributed by atoms with van der Waals surface area (Å²) in [4.78, 5) is 10.3. The molecule has 0 fully saturated rings. The van der Waals surface area contributed by atoms with E-state index in [0.29, 0.717) is 6.04 Å². The highest BCUT2D eigenvalue weighted by Gasteiger charge is 2.13. The number of carbonyl (C=O) groups is 1. The van der Waals surface area contributed by atoms with Gasteiger partial charge in [-0.15, -0.1) is 0 Å². The zero-order valence-corrected chi connectivity index (χ0v) is 10.9. The van der Waals surface area contributed by atoms with E-state index < -0.39 is 5.97 Å². The minimum absolute atomic E-state index is 0.189. The Morgan fingerprint density at radius 3 is 2.56 bits per heavy atom. The molecule has 0 aromatic rings. The van der Waals surface area contributed by atoms with Crippen LogP contribution < -0.4 is 5.32 Å². The first-order chi connectivity index (χ1) is 7.61. The first-order valence-corrected chi connectivity index (χ1v) is 6.99. The first-order valence-electron chi connectivity index (χ1n) is 5.70. The molecular formula is C11H23NO3S. The van der Waals surface area contributed by atoms with Crippen LogP contribution in [0.25, 0.3) is 0 Å². The van der Waals surface area contributed by atoms with Crippen LogP contribution in [0.2, 0.25) is 0 Å². The van der Waals surface area contributed by atoms with Gasteiger partial charge in [0.2, 0.25) is 0 Å². The number of aliphatic hydroxyl groups is 1. The van der Waals surface area contributed by atoms with Crippen molar-refractivity contribution >= 4 is 17.7 Å². The highest BCUT2D eigenvalue weighted by atomic mass is 32.2. The third-order valence-electron chi connectivity index (χ3n) is 2.57. The van der Waals surface area contributed by atoms with Crippen LogP contribution in [0.5, 0.6) is 0 Å². The molecule has 5 heteroatoms. The van der Waals surface area contributed by atoms with Gasteiger partial charge in [-0.1, -0.05) is 6.42 Å². The van der Waals surface area contributed by atoms with Gasteiger partial charge in [-0.2, -0.15) is 11.8 Å². The molecule has 0 rings (SSSR count). The van der Waals surface area contributed by atoms with Gasteiger partial charge in [0, 0.05) is 17.7 Å². The summed E-state index contributed by atoms with van der Waals surface area (Å²) in [5.74, 6) is -0.718. The highest BCUT2D eigenvalue weighted by Crippen LogP contribution is 2.10. The number of nitrogens with one attached hydrogen (secondary N) is 1. The van der Waals surface area contributed by atoms with Crippen molar-refractivity contribution in [3.05, 3.63) is 0 Å². The van der Waals surface area contributed by atoms with E-state index in [1.54, 1.807) is 11.8 Å². The van der Waals surface area contributed by atoms with Crippen LogP contribution in [-0.2, 0) is 4.79 Å². The molecule has 2 unspecified atom stereocenters. The van der Waals surface area contributed by atoms with Crippen LogP contribution in [-0.4, -0.2) is 46.9 Å². The Kier molecular flexibility index (Phi) is 9.77. The molecule has 0 aromatic heterocycles. The van der Waals surface area contributed by atoms with Crippen LogP contribution in [0, 0.1) is 0 Å². The van der Waals surface area contributed by atoms with E-state index in [1.165, 1.54) is 0 Å². The van der Waals surface area contributed by atoms with Gasteiger partial charge in [0.15, 0.2) is 0 Å². The fourth-order valence-electron chi connectivity index (χ4n) is 1.48. The van der Waals surface area contributed by atoms with Crippen molar-refractivity contribution < 1.29 is 15.0 Å². The van der Waals surface area contributed by atoms with Crippen molar-refractivity contribution in [3.63, 3.8) is 0 Å². The number of carboxylic acid groups (broad SMARTS) is 1. The summed E-state index contributed by atoms with van der Waals surface area (Å²) in [6, 6.07) is 0.291. The number of hydrogen-bond acceptors (Lipinski definition) is 4. The molecule has 0 aromatic carbocycles. The zero-order valence-electron chi connectivity index (χ0n) is 10.1. The van der Waals surface area contributed by atoms with Gasteiger partial charge in [0.1, 0.15) is 0 Å². The van der Waals surface area contributed by atoms with Crippen molar-refractivity contribution in [1.82, 2.24) is 5.32 Å². The lowest BCUT2D eigenvalue weighted by Crippen LogP contribution is -2.37. The lowest BCUT2D eigenvalue weighted by Gasteiger charge is -2.21. The monoisotopic (exact) mass is 249 g/mol. The summed E-state index contributed by atoms with van der Waals surface area (Å²) in [7, 11) is 0. The average Bonchev–Trinajstić information content (AvgIpc) is 2.24. The molecule has 96 valence electrons. The number of rotatable bonds is 10. The summed E-state index contributed by atoms with van der Waals surface area (Å²) in [6.45, 7) is 3.14. The first kappa shape index (κ1) is 15.7. The molecule has 0 saturated carbocycles. The Morgan fingerprint density at radius 2 is 2.06 bits per heavy atom. The van der Waals surface area contributed by atoms with Gasteiger partial charge in [0.25, 0.3) is 0 Å². The summed E-state index contributed by atoms with van der Waals surface area (Å²) >= 11 is 1.66. The lowest BCUT2D eigenvalue weighted by molar-refractivity contribution is -0.137. The Labute approximate surface area is 102 Å². The third-order valence-corrected chi connectivity index (χ3v) is 3.74. The number of aliphatic hydroxyl groups excluding tert-OH is 1. The molecule has 0 spiro atoms. The topological polar surface area (TPSA) is 69.6 Å². The second kappa shape index (κ2) is 9.93. The van der Waals surface area contributed by atoms with Crippen LogP contribution in [0.15, 0.2) is 0 Å². The van der Waals surface area contributed by atoms with E-state index in [-0.39, 0.29) is 18.3 Å². The summed E-state index contributed by atoms with van der Waals surface area (Å²) < 4.78 is 0. The van der Waals surface area contributed by atoms with Gasteiger partial charge in [-0.3, -0.25) is 4.79 Å². The smallest absolute Gasteiger partial charge is 0.303 e. The number of unbranched alkanes of at least 4 members (excludes halogenated alkanes) is 2. The molecule has 0 amide bonds. The molecule has 3 N–H and O–H groups in total. The fourth-order valence-corrected chi connectivity index (χ4v) is 2.13. The van der Waals surface area contributed by atoms with E-state index in [4.69, 9.17) is 10.2 Å². The Hall–Kier alpha value is -0.260. The van der Waals surface area contributed by atoms with Crippen molar-refractivity contribution in [3.8, 4) is 0 Å². The maximum absolute atomic E-state index is 10.3. The maximum Gasteiger partial charge on any atom is 0.303 e. The van der Waals surface area contributed by atoms with Crippen LogP contribution in [0.4, 0.5) is 0 Å². The Bertz CT molecular complexity index is 186. The van der Waals surface area contributed by atoms with Crippen LogP contribution in [0.1, 0.15) is 32.6 Å². The van der Waals surface area contributed by atoms with E-state index >= 15 is 0 Å². The van der Waals surface area contributed by atoms with E-state index in [9.17, 15) is 4.79 Å². The minimum atomic E-state index is -0.718. The zero-order chi connectivity index (χ0) is 12.4. The molecular weight excluding hydrogens is 226 g/mol. The van der Waals surface area contributed by atoms with Gasteiger partial charge in [-0.25, -0.2) is 0 Å². The number of thioether (sulfide) groups is 1. The van der Waals surface area contributed by atoms with E-state index in [0.717, 1.165) is 25.8 Å². The van der Waals surface area contributed by atoms with Gasteiger partial charge in [0.05, 0.1) is 6.61 Å². The average molecular weight is 249 g/mol. The second-order valence-electron chi connectivity index (χ2n) is 3.90. The van der Waals surface area contributed by atoms with Crippen molar-refractivity contribution in [2.24, 2.45) is 0 Å². The van der Waals surface area contributed by atoms with Crippen molar-refractivity contribution in [2.45, 2.75) is 43.9 Å². The predicted molar refractivity (Wildman–Crippen MR) is 68.0 cm³/mol. The van der Waals surface area contributed by atoms with Gasteiger partial charge in [-0.05, 0) is 32.6 Å².